The minimum Gasteiger partial charge on any atom is -0.330 e. The van der Waals surface area contributed by atoms with Crippen LogP contribution >= 0.6 is 11.6 Å². The number of nitrogens with one attached hydrogen (secondary N) is 1. The van der Waals surface area contributed by atoms with E-state index in [1.165, 1.54) is 0 Å². The van der Waals surface area contributed by atoms with E-state index < -0.39 is 0 Å². The van der Waals surface area contributed by atoms with E-state index in [2.05, 4.69) is 5.32 Å². The number of nitrogens with two attached hydrogens (primary N) is 1. The predicted molar refractivity (Wildman–Crippen MR) is 72.2 cm³/mol. The monoisotopic (exact) mass is 265 g/mol. The molecule has 1 atom stereocenters. The molecule has 1 rings (SSSR count). The normalized spacial score (nSPS) is 11.7. The number of benzene rings is 1. The summed E-state index contributed by atoms with van der Waals surface area (Å²) < 4.78 is 0. The molecule has 3 N–H and O–H groups in total. The van der Waals surface area contributed by atoms with Crippen molar-refractivity contribution in [1.82, 2.24) is 0 Å². The zero-order chi connectivity index (χ0) is 13.5. The fourth-order valence-corrected chi connectivity index (χ4v) is 1.72. The molecule has 0 saturated carbocycles. The molecule has 0 heterocycles. The summed E-state index contributed by atoms with van der Waals surface area (Å²) >= 11 is 5.81. The fraction of sp³-hybridized carbons (Fsp3) is 0.385. The van der Waals surface area contributed by atoms with Gasteiger partial charge in [-0.25, -0.2) is 0 Å². The molecule has 0 fully saturated rings. The van der Waals surface area contributed by atoms with Gasteiger partial charge in [-0.3, -0.25) is 4.79 Å². The molecule has 1 aromatic carbocycles. The summed E-state index contributed by atoms with van der Waals surface area (Å²) in [6.07, 6.45) is 1.26. The Morgan fingerprint density at radius 2 is 2.33 bits per heavy atom. The molecule has 5 heteroatoms. The second kappa shape index (κ2) is 7.00. The Labute approximate surface area is 112 Å². The zero-order valence-electron chi connectivity index (χ0n) is 10.2. The van der Waals surface area contributed by atoms with Crippen molar-refractivity contribution in [3.8, 4) is 6.07 Å². The van der Waals surface area contributed by atoms with Crippen LogP contribution < -0.4 is 11.1 Å². The highest BCUT2D eigenvalue weighted by atomic mass is 35.5. The van der Waals surface area contributed by atoms with E-state index in [4.69, 9.17) is 22.6 Å². The molecule has 96 valence electrons. The average Bonchev–Trinajstić information content (AvgIpc) is 2.38. The lowest BCUT2D eigenvalue weighted by molar-refractivity contribution is -0.117. The molecule has 0 aliphatic rings. The van der Waals surface area contributed by atoms with Crippen molar-refractivity contribution < 1.29 is 4.79 Å². The SMILES string of the molecule is CCC(CN)CC(=O)Nc1ccc(Cl)c(C#N)c1. The average molecular weight is 266 g/mol. The van der Waals surface area contributed by atoms with E-state index in [9.17, 15) is 4.79 Å². The van der Waals surface area contributed by atoms with Gasteiger partial charge in [-0.2, -0.15) is 5.26 Å². The van der Waals surface area contributed by atoms with Crippen molar-refractivity contribution >= 4 is 23.2 Å². The highest BCUT2D eigenvalue weighted by molar-refractivity contribution is 6.31. The van der Waals surface area contributed by atoms with Crippen LogP contribution in [-0.2, 0) is 4.79 Å². The van der Waals surface area contributed by atoms with Crippen LogP contribution in [0.25, 0.3) is 0 Å². The van der Waals surface area contributed by atoms with Crippen LogP contribution in [0.3, 0.4) is 0 Å². The van der Waals surface area contributed by atoms with Crippen LogP contribution in [0.15, 0.2) is 18.2 Å². The van der Waals surface area contributed by atoms with Crippen LogP contribution in [0, 0.1) is 17.2 Å². The van der Waals surface area contributed by atoms with Crippen molar-refractivity contribution in [3.05, 3.63) is 28.8 Å². The summed E-state index contributed by atoms with van der Waals surface area (Å²) in [6, 6.07) is 6.79. The molecule has 4 nitrogen and oxygen atoms in total. The van der Waals surface area contributed by atoms with Crippen LogP contribution in [0.1, 0.15) is 25.3 Å². The third-order valence-electron chi connectivity index (χ3n) is 2.76. The summed E-state index contributed by atoms with van der Waals surface area (Å²) in [6.45, 7) is 2.49. The van der Waals surface area contributed by atoms with E-state index in [0.29, 0.717) is 29.2 Å². The second-order valence-corrected chi connectivity index (χ2v) is 4.48. The fourth-order valence-electron chi connectivity index (χ4n) is 1.56. The molecular weight excluding hydrogens is 250 g/mol. The van der Waals surface area contributed by atoms with E-state index in [-0.39, 0.29) is 11.8 Å². The number of hydrogen-bond donors (Lipinski definition) is 2. The number of carbonyl (C=O) groups is 1. The maximum Gasteiger partial charge on any atom is 0.224 e. The number of halogens is 1. The van der Waals surface area contributed by atoms with E-state index >= 15 is 0 Å². The maximum absolute atomic E-state index is 11.7. The number of nitriles is 1. The van der Waals surface area contributed by atoms with Crippen LogP contribution in [0.4, 0.5) is 5.69 Å². The van der Waals surface area contributed by atoms with Gasteiger partial charge in [0.1, 0.15) is 6.07 Å². The van der Waals surface area contributed by atoms with Gasteiger partial charge in [-0.05, 0) is 30.7 Å². The first-order valence-corrected chi connectivity index (χ1v) is 6.18. The molecule has 0 aliphatic heterocycles. The Kier molecular flexibility index (Phi) is 5.63. The summed E-state index contributed by atoms with van der Waals surface area (Å²) in [4.78, 5) is 11.7. The predicted octanol–water partition coefficient (Wildman–Crippen LogP) is 2.53. The first-order valence-electron chi connectivity index (χ1n) is 5.80. The molecule has 1 unspecified atom stereocenters. The smallest absolute Gasteiger partial charge is 0.224 e. The van der Waals surface area contributed by atoms with Crippen molar-refractivity contribution in [1.29, 1.82) is 5.26 Å². The number of amides is 1. The van der Waals surface area contributed by atoms with Crippen LogP contribution in [-0.4, -0.2) is 12.5 Å². The standard InChI is InChI=1S/C13H16ClN3O/c1-2-9(7-15)5-13(18)17-11-3-4-12(14)10(6-11)8-16/h3-4,6,9H,2,5,7,15H2,1H3,(H,17,18). The zero-order valence-corrected chi connectivity index (χ0v) is 11.0. The van der Waals surface area contributed by atoms with Crippen molar-refractivity contribution in [2.24, 2.45) is 11.7 Å². The van der Waals surface area contributed by atoms with Crippen molar-refractivity contribution in [2.75, 3.05) is 11.9 Å². The minimum atomic E-state index is -0.0986. The van der Waals surface area contributed by atoms with Gasteiger partial charge in [0.25, 0.3) is 0 Å². The van der Waals surface area contributed by atoms with Gasteiger partial charge in [0.15, 0.2) is 0 Å². The lowest BCUT2D eigenvalue weighted by Crippen LogP contribution is -2.21. The number of carbonyl (C=O) groups excluding carboxylic acids is 1. The highest BCUT2D eigenvalue weighted by Gasteiger charge is 2.11. The van der Waals surface area contributed by atoms with Crippen molar-refractivity contribution in [3.63, 3.8) is 0 Å². The molecule has 1 aromatic rings. The van der Waals surface area contributed by atoms with Gasteiger partial charge < -0.3 is 11.1 Å². The molecule has 0 aliphatic carbocycles. The number of nitrogens with zero attached hydrogens (tertiary/aromatic N) is 1. The third-order valence-corrected chi connectivity index (χ3v) is 3.08. The molecule has 0 spiro atoms. The lowest BCUT2D eigenvalue weighted by atomic mass is 10.0. The molecule has 0 aromatic heterocycles. The first-order chi connectivity index (χ1) is 8.60. The summed E-state index contributed by atoms with van der Waals surface area (Å²) in [5.74, 6) is 0.0891. The largest absolute Gasteiger partial charge is 0.330 e. The number of rotatable bonds is 5. The summed E-state index contributed by atoms with van der Waals surface area (Å²) in [7, 11) is 0. The van der Waals surface area contributed by atoms with E-state index in [1.807, 2.05) is 13.0 Å². The van der Waals surface area contributed by atoms with E-state index in [1.54, 1.807) is 18.2 Å². The Bertz CT molecular complexity index is 464. The minimum absolute atomic E-state index is 0.0986. The van der Waals surface area contributed by atoms with Gasteiger partial charge in [-0.1, -0.05) is 24.9 Å². The van der Waals surface area contributed by atoms with Gasteiger partial charge in [0.05, 0.1) is 10.6 Å². The highest BCUT2D eigenvalue weighted by Crippen LogP contribution is 2.20. The summed E-state index contributed by atoms with van der Waals surface area (Å²) in [5, 5.41) is 12.0. The van der Waals surface area contributed by atoms with Gasteiger partial charge >= 0.3 is 0 Å². The Hall–Kier alpha value is -1.57. The van der Waals surface area contributed by atoms with Crippen LogP contribution in [0.2, 0.25) is 5.02 Å². The van der Waals surface area contributed by atoms with Gasteiger partial charge in [0, 0.05) is 12.1 Å². The quantitative estimate of drug-likeness (QED) is 0.859. The molecule has 0 radical (unpaired) electrons. The molecule has 18 heavy (non-hydrogen) atoms. The van der Waals surface area contributed by atoms with E-state index in [0.717, 1.165) is 6.42 Å². The lowest BCUT2D eigenvalue weighted by Gasteiger charge is -2.12. The Morgan fingerprint density at radius 1 is 1.61 bits per heavy atom. The van der Waals surface area contributed by atoms with Gasteiger partial charge in [-0.15, -0.1) is 0 Å². The maximum atomic E-state index is 11.7. The first kappa shape index (κ1) is 14.5. The van der Waals surface area contributed by atoms with Crippen molar-refractivity contribution in [2.45, 2.75) is 19.8 Å². The van der Waals surface area contributed by atoms with Gasteiger partial charge in [0.2, 0.25) is 5.91 Å². The van der Waals surface area contributed by atoms with Crippen LogP contribution in [0.5, 0.6) is 0 Å². The molecule has 1 amide bonds. The summed E-state index contributed by atoms with van der Waals surface area (Å²) in [5.41, 5.74) is 6.47. The Morgan fingerprint density at radius 3 is 2.89 bits per heavy atom. The molecule has 0 saturated heterocycles. The Balaban J connectivity index is 2.68. The number of hydrogen-bond acceptors (Lipinski definition) is 3. The third kappa shape index (κ3) is 4.02. The molecular formula is C13H16ClN3O. The topological polar surface area (TPSA) is 78.9 Å². The number of anilines is 1. The molecule has 0 bridgehead atoms. The second-order valence-electron chi connectivity index (χ2n) is 4.07.